The Kier molecular flexibility index (Phi) is 3.69. The fraction of sp³-hybridized carbons (Fsp3) is 0.0714. The molecule has 3 rings (SSSR count). The van der Waals surface area contributed by atoms with Crippen molar-refractivity contribution in [2.45, 2.75) is 0 Å². The first-order valence-electron chi connectivity index (χ1n) is 6.12. The lowest BCUT2D eigenvalue weighted by atomic mass is 10.2. The molecule has 0 saturated heterocycles. The average Bonchev–Trinajstić information content (AvgIpc) is 2.96. The molecule has 22 heavy (non-hydrogen) atoms. The molecule has 0 aliphatic rings. The van der Waals surface area contributed by atoms with Crippen molar-refractivity contribution in [2.24, 2.45) is 0 Å². The Bertz CT molecular complexity index is 866. The van der Waals surface area contributed by atoms with Crippen LogP contribution in [-0.4, -0.2) is 17.3 Å². The van der Waals surface area contributed by atoms with Gasteiger partial charge in [0.15, 0.2) is 17.4 Å². The fourth-order valence-corrected chi connectivity index (χ4v) is 2.47. The van der Waals surface area contributed by atoms with Crippen LogP contribution < -0.4 is 10.1 Å². The fourth-order valence-electron chi connectivity index (χ4n) is 2.06. The molecular weight excluding hydrogens is 363 g/mol. The van der Waals surface area contributed by atoms with Crippen molar-refractivity contribution in [2.75, 3.05) is 12.4 Å². The lowest BCUT2D eigenvalue weighted by Crippen LogP contribution is -1.98. The van der Waals surface area contributed by atoms with Crippen LogP contribution >= 0.6 is 15.9 Å². The van der Waals surface area contributed by atoms with Gasteiger partial charge in [0.2, 0.25) is 5.82 Å². The average molecular weight is 372 g/mol. The largest absolute Gasteiger partial charge is 0.493 e. The number of aromatic amines is 1. The molecule has 1 heterocycles. The molecule has 0 aliphatic carbocycles. The Labute approximate surface area is 131 Å². The smallest absolute Gasteiger partial charge is 0.200 e. The van der Waals surface area contributed by atoms with Crippen LogP contribution in [-0.2, 0) is 0 Å². The van der Waals surface area contributed by atoms with Crippen LogP contribution in [0.3, 0.4) is 0 Å². The van der Waals surface area contributed by atoms with Crippen molar-refractivity contribution < 1.29 is 17.9 Å². The number of fused-ring (bicyclic) bond motifs is 1. The van der Waals surface area contributed by atoms with Crippen LogP contribution in [0.5, 0.6) is 5.75 Å². The van der Waals surface area contributed by atoms with Gasteiger partial charge < -0.3 is 10.1 Å². The highest BCUT2D eigenvalue weighted by Gasteiger charge is 2.15. The van der Waals surface area contributed by atoms with Gasteiger partial charge in [-0.1, -0.05) is 0 Å². The molecule has 0 fully saturated rings. The van der Waals surface area contributed by atoms with Crippen molar-refractivity contribution in [1.82, 2.24) is 10.2 Å². The summed E-state index contributed by atoms with van der Waals surface area (Å²) in [7, 11) is 1.23. The maximum Gasteiger partial charge on any atom is 0.200 e. The molecule has 0 spiro atoms. The monoisotopic (exact) mass is 371 g/mol. The highest BCUT2D eigenvalue weighted by Crippen LogP contribution is 2.34. The number of methoxy groups -OCH3 is 1. The van der Waals surface area contributed by atoms with E-state index in [9.17, 15) is 13.2 Å². The number of hydrogen-bond acceptors (Lipinski definition) is 3. The quantitative estimate of drug-likeness (QED) is 0.712. The summed E-state index contributed by atoms with van der Waals surface area (Å²) in [6.07, 6.45) is 1.46. The molecule has 0 radical (unpaired) electrons. The number of aromatic nitrogens is 2. The number of rotatable bonds is 3. The predicted molar refractivity (Wildman–Crippen MR) is 79.9 cm³/mol. The van der Waals surface area contributed by atoms with Crippen LogP contribution in [0.25, 0.3) is 10.9 Å². The first-order chi connectivity index (χ1) is 10.5. The SMILES string of the molecule is COc1cc(Nc2cc3cn[nH]c3c(F)c2Br)cc(F)c1F. The van der Waals surface area contributed by atoms with Crippen molar-refractivity contribution in [3.05, 3.63) is 46.3 Å². The lowest BCUT2D eigenvalue weighted by molar-refractivity contribution is 0.372. The van der Waals surface area contributed by atoms with Gasteiger partial charge in [0.25, 0.3) is 0 Å². The molecule has 4 nitrogen and oxygen atoms in total. The molecule has 0 amide bonds. The number of H-pyrrole nitrogens is 1. The topological polar surface area (TPSA) is 49.9 Å². The predicted octanol–water partition coefficient (Wildman–Crippen LogP) is 4.49. The zero-order valence-corrected chi connectivity index (χ0v) is 12.8. The summed E-state index contributed by atoms with van der Waals surface area (Å²) >= 11 is 3.13. The van der Waals surface area contributed by atoms with E-state index >= 15 is 0 Å². The minimum Gasteiger partial charge on any atom is -0.493 e. The molecule has 2 N–H and O–H groups in total. The Morgan fingerprint density at radius 1 is 1.18 bits per heavy atom. The van der Waals surface area contributed by atoms with E-state index in [1.807, 2.05) is 0 Å². The third-order valence-electron chi connectivity index (χ3n) is 3.11. The summed E-state index contributed by atoms with van der Waals surface area (Å²) in [5.74, 6) is -2.93. The Balaban J connectivity index is 2.06. The molecular formula is C14H9BrF3N3O. The lowest BCUT2D eigenvalue weighted by Gasteiger charge is -2.12. The molecule has 0 saturated carbocycles. The van der Waals surface area contributed by atoms with Crippen LogP contribution in [0, 0.1) is 17.5 Å². The zero-order chi connectivity index (χ0) is 15.9. The first-order valence-corrected chi connectivity index (χ1v) is 6.91. The normalized spacial score (nSPS) is 11.0. The second-order valence-corrected chi connectivity index (χ2v) is 5.28. The summed E-state index contributed by atoms with van der Waals surface area (Å²) in [6.45, 7) is 0. The minimum atomic E-state index is -1.08. The molecule has 0 unspecified atom stereocenters. The molecule has 0 aliphatic heterocycles. The first kappa shape index (κ1) is 14.7. The standard InChI is InChI=1S/C14H9BrF3N3O/c1-22-10-4-7(3-8(16)12(10)17)20-9-2-6-5-19-21-14(6)13(18)11(9)15/h2-5,20H,1H3,(H,19,21). The van der Waals surface area contributed by atoms with E-state index in [2.05, 4.69) is 31.4 Å². The van der Waals surface area contributed by atoms with E-state index < -0.39 is 17.5 Å². The van der Waals surface area contributed by atoms with Crippen LogP contribution in [0.4, 0.5) is 24.5 Å². The van der Waals surface area contributed by atoms with Crippen molar-refractivity contribution >= 4 is 38.2 Å². The highest BCUT2D eigenvalue weighted by molar-refractivity contribution is 9.10. The van der Waals surface area contributed by atoms with E-state index in [0.29, 0.717) is 11.1 Å². The Hall–Kier alpha value is -2.22. The molecule has 3 aromatic rings. The van der Waals surface area contributed by atoms with Crippen LogP contribution in [0.15, 0.2) is 28.9 Å². The summed E-state index contributed by atoms with van der Waals surface area (Å²) in [4.78, 5) is 0. The van der Waals surface area contributed by atoms with Crippen LogP contribution in [0.1, 0.15) is 0 Å². The summed E-state index contributed by atoms with van der Waals surface area (Å²) in [6, 6.07) is 3.86. The summed E-state index contributed by atoms with van der Waals surface area (Å²) in [5, 5.41) is 9.67. The highest BCUT2D eigenvalue weighted by atomic mass is 79.9. The molecule has 2 aromatic carbocycles. The van der Waals surface area contributed by atoms with E-state index in [-0.39, 0.29) is 21.4 Å². The third kappa shape index (κ3) is 2.39. The van der Waals surface area contributed by atoms with Crippen molar-refractivity contribution in [3.8, 4) is 5.75 Å². The molecule has 1 aromatic heterocycles. The summed E-state index contributed by atoms with van der Waals surface area (Å²) < 4.78 is 46.0. The number of anilines is 2. The Morgan fingerprint density at radius 2 is 1.95 bits per heavy atom. The molecule has 0 atom stereocenters. The van der Waals surface area contributed by atoms with Gasteiger partial charge in [0, 0.05) is 23.2 Å². The van der Waals surface area contributed by atoms with Gasteiger partial charge in [-0.3, -0.25) is 5.10 Å². The number of nitrogens with one attached hydrogen (secondary N) is 2. The van der Waals surface area contributed by atoms with Gasteiger partial charge in [-0.2, -0.15) is 9.49 Å². The third-order valence-corrected chi connectivity index (χ3v) is 3.89. The Morgan fingerprint density at radius 3 is 2.68 bits per heavy atom. The number of nitrogens with zero attached hydrogens (tertiary/aromatic N) is 1. The van der Waals surface area contributed by atoms with Gasteiger partial charge in [-0.25, -0.2) is 8.78 Å². The molecule has 0 bridgehead atoms. The van der Waals surface area contributed by atoms with Gasteiger partial charge in [0.05, 0.1) is 23.5 Å². The van der Waals surface area contributed by atoms with Crippen molar-refractivity contribution in [1.29, 1.82) is 0 Å². The van der Waals surface area contributed by atoms with Gasteiger partial charge >= 0.3 is 0 Å². The van der Waals surface area contributed by atoms with Crippen LogP contribution in [0.2, 0.25) is 0 Å². The van der Waals surface area contributed by atoms with E-state index in [1.165, 1.54) is 19.4 Å². The molecule has 8 heteroatoms. The maximum atomic E-state index is 14.2. The molecule has 114 valence electrons. The van der Waals surface area contributed by atoms with Crippen molar-refractivity contribution in [3.63, 3.8) is 0 Å². The van der Waals surface area contributed by atoms with E-state index in [4.69, 9.17) is 4.74 Å². The van der Waals surface area contributed by atoms with E-state index in [0.717, 1.165) is 6.07 Å². The number of hydrogen-bond donors (Lipinski definition) is 2. The van der Waals surface area contributed by atoms with Gasteiger partial charge in [-0.05, 0) is 22.0 Å². The maximum absolute atomic E-state index is 14.2. The number of ether oxygens (including phenoxy) is 1. The minimum absolute atomic E-state index is 0.146. The zero-order valence-electron chi connectivity index (χ0n) is 11.2. The number of halogens is 4. The van der Waals surface area contributed by atoms with Gasteiger partial charge in [-0.15, -0.1) is 0 Å². The van der Waals surface area contributed by atoms with E-state index in [1.54, 1.807) is 6.07 Å². The van der Waals surface area contributed by atoms with Gasteiger partial charge in [0.1, 0.15) is 5.52 Å². The number of benzene rings is 2. The second kappa shape index (κ2) is 5.53. The second-order valence-electron chi connectivity index (χ2n) is 4.49. The summed E-state index contributed by atoms with van der Waals surface area (Å²) in [5.41, 5.74) is 0.818.